The van der Waals surface area contributed by atoms with Crippen LogP contribution in [-0.4, -0.2) is 23.2 Å². The lowest BCUT2D eigenvalue weighted by molar-refractivity contribution is -0.141. The number of unbranched alkanes of at least 4 members (excludes halogenated alkanes) is 5. The van der Waals surface area contributed by atoms with Crippen LogP contribution in [0.3, 0.4) is 0 Å². The first-order chi connectivity index (χ1) is 11.8. The molecule has 3 nitrogen and oxygen atoms in total. The highest BCUT2D eigenvalue weighted by Crippen LogP contribution is 2.29. The number of rotatable bonds is 12. The van der Waals surface area contributed by atoms with E-state index in [4.69, 9.17) is 34.8 Å². The molecule has 0 aromatic heterocycles. The fraction of sp³-hybridized carbons (Fsp3) is 0.579. The molecule has 0 aliphatic carbocycles. The molecule has 0 aliphatic heterocycles. The maximum atomic E-state index is 11.9. The predicted molar refractivity (Wildman–Crippen MR) is 104 cm³/mol. The average Bonchev–Trinajstić information content (AvgIpc) is 2.58. The zero-order valence-electron chi connectivity index (χ0n) is 14.5. The highest BCUT2D eigenvalue weighted by atomic mass is 35.5. The molecule has 0 atom stereocenters. The summed E-state index contributed by atoms with van der Waals surface area (Å²) in [5.74, 6) is -0.343. The van der Waals surface area contributed by atoms with Gasteiger partial charge in [0.15, 0.2) is 0 Å². The average molecular weight is 408 g/mol. The number of carbonyl (C=O) groups excluding carboxylic acids is 2. The maximum Gasteiger partial charge on any atom is 0.342 e. The van der Waals surface area contributed by atoms with Gasteiger partial charge >= 0.3 is 5.97 Å². The van der Waals surface area contributed by atoms with E-state index in [1.165, 1.54) is 7.11 Å². The monoisotopic (exact) mass is 406 g/mol. The minimum absolute atomic E-state index is 0.259. The maximum absolute atomic E-state index is 11.9. The van der Waals surface area contributed by atoms with E-state index in [1.807, 2.05) is 12.1 Å². The van der Waals surface area contributed by atoms with Gasteiger partial charge in [-0.3, -0.25) is 4.79 Å². The van der Waals surface area contributed by atoms with Gasteiger partial charge in [0.25, 0.3) is 0 Å². The van der Waals surface area contributed by atoms with Gasteiger partial charge < -0.3 is 4.74 Å². The molecule has 140 valence electrons. The Hall–Kier alpha value is -0.770. The van der Waals surface area contributed by atoms with E-state index >= 15 is 0 Å². The van der Waals surface area contributed by atoms with Gasteiger partial charge in [0.2, 0.25) is 4.33 Å². The van der Waals surface area contributed by atoms with E-state index in [-0.39, 0.29) is 5.78 Å². The molecule has 0 N–H and O–H groups in total. The molecule has 25 heavy (non-hydrogen) atoms. The van der Waals surface area contributed by atoms with E-state index in [0.29, 0.717) is 24.3 Å². The van der Waals surface area contributed by atoms with Gasteiger partial charge in [-0.15, -0.1) is 0 Å². The fourth-order valence-corrected chi connectivity index (χ4v) is 3.09. The SMILES string of the molecule is COC(=O)C(Cl)(Cl)CCCCCCCCC(=O)Cc1ccc(Cl)cc1. The largest absolute Gasteiger partial charge is 0.467 e. The summed E-state index contributed by atoms with van der Waals surface area (Å²) in [6.45, 7) is 0. The first kappa shape index (κ1) is 22.3. The summed E-state index contributed by atoms with van der Waals surface area (Å²) in [7, 11) is 1.27. The van der Waals surface area contributed by atoms with E-state index in [1.54, 1.807) is 12.1 Å². The van der Waals surface area contributed by atoms with Gasteiger partial charge in [-0.1, -0.05) is 72.6 Å². The smallest absolute Gasteiger partial charge is 0.342 e. The number of esters is 1. The quantitative estimate of drug-likeness (QED) is 0.245. The van der Waals surface area contributed by atoms with Crippen LogP contribution >= 0.6 is 34.8 Å². The summed E-state index contributed by atoms with van der Waals surface area (Å²) in [6, 6.07) is 7.39. The molecule has 1 rings (SSSR count). The van der Waals surface area contributed by atoms with Crippen LogP contribution < -0.4 is 0 Å². The molecule has 0 fully saturated rings. The van der Waals surface area contributed by atoms with Crippen molar-refractivity contribution in [2.24, 2.45) is 0 Å². The third kappa shape index (κ3) is 9.48. The van der Waals surface area contributed by atoms with Crippen molar-refractivity contribution in [1.29, 1.82) is 0 Å². The Morgan fingerprint density at radius 3 is 2.12 bits per heavy atom. The van der Waals surface area contributed by atoms with Crippen LogP contribution in [0.5, 0.6) is 0 Å². The summed E-state index contributed by atoms with van der Waals surface area (Å²) in [5.41, 5.74) is 1.01. The fourth-order valence-electron chi connectivity index (χ4n) is 2.55. The lowest BCUT2D eigenvalue weighted by Gasteiger charge is -2.15. The molecular weight excluding hydrogens is 383 g/mol. The molecule has 0 aliphatic rings. The Bertz CT molecular complexity index is 541. The lowest BCUT2D eigenvalue weighted by atomic mass is 10.0. The Kier molecular flexibility index (Phi) is 10.5. The number of hydrogen-bond acceptors (Lipinski definition) is 3. The number of benzene rings is 1. The molecule has 0 heterocycles. The van der Waals surface area contributed by atoms with E-state index in [9.17, 15) is 9.59 Å². The van der Waals surface area contributed by atoms with Crippen molar-refractivity contribution >= 4 is 46.6 Å². The van der Waals surface area contributed by atoms with Crippen LogP contribution in [0.15, 0.2) is 24.3 Å². The minimum Gasteiger partial charge on any atom is -0.467 e. The van der Waals surface area contributed by atoms with Gasteiger partial charge in [-0.25, -0.2) is 4.79 Å². The topological polar surface area (TPSA) is 43.4 Å². The van der Waals surface area contributed by atoms with Gasteiger partial charge in [0, 0.05) is 17.9 Å². The van der Waals surface area contributed by atoms with E-state index in [2.05, 4.69) is 4.74 Å². The second-order valence-corrected chi connectivity index (χ2v) is 8.08. The van der Waals surface area contributed by atoms with Crippen molar-refractivity contribution in [3.63, 3.8) is 0 Å². The normalized spacial score (nSPS) is 11.4. The number of halogens is 3. The first-order valence-corrected chi connectivity index (χ1v) is 9.71. The second kappa shape index (κ2) is 11.8. The summed E-state index contributed by atoms with van der Waals surface area (Å²) < 4.78 is 3.11. The molecule has 0 spiro atoms. The number of alkyl halides is 2. The molecular formula is C19H25Cl3O3. The molecule has 1 aromatic carbocycles. The summed E-state index contributed by atoms with van der Waals surface area (Å²) in [6.07, 6.45) is 7.23. The van der Waals surface area contributed by atoms with Crippen molar-refractivity contribution in [3.05, 3.63) is 34.9 Å². The van der Waals surface area contributed by atoms with Crippen LogP contribution in [0.1, 0.15) is 56.9 Å². The molecule has 0 bridgehead atoms. The molecule has 0 amide bonds. The minimum atomic E-state index is -1.44. The molecule has 0 radical (unpaired) electrons. The van der Waals surface area contributed by atoms with Crippen LogP contribution in [0.25, 0.3) is 0 Å². The zero-order chi connectivity index (χ0) is 18.7. The van der Waals surface area contributed by atoms with Crippen molar-refractivity contribution in [2.75, 3.05) is 7.11 Å². The Balaban J connectivity index is 2.04. The number of carbonyl (C=O) groups is 2. The standard InChI is InChI=1S/C19H25Cl3O3/c1-25-18(24)19(21,22)13-7-5-3-2-4-6-8-17(23)14-15-9-11-16(20)12-10-15/h9-12H,2-8,13-14H2,1H3. The number of ether oxygens (including phenoxy) is 1. The predicted octanol–water partition coefficient (Wildman–Crippen LogP) is 5.92. The van der Waals surface area contributed by atoms with Gasteiger partial charge in [0.1, 0.15) is 5.78 Å². The van der Waals surface area contributed by atoms with Gasteiger partial charge in [0.05, 0.1) is 7.11 Å². The van der Waals surface area contributed by atoms with Gasteiger partial charge in [-0.05, 0) is 37.0 Å². The van der Waals surface area contributed by atoms with E-state index < -0.39 is 10.3 Å². The van der Waals surface area contributed by atoms with Crippen LogP contribution in [-0.2, 0) is 20.7 Å². The third-order valence-electron chi connectivity index (χ3n) is 3.99. The number of Topliss-reactive ketones (excluding diaryl/α,β-unsaturated/α-hetero) is 1. The van der Waals surface area contributed by atoms with Crippen LogP contribution in [0.4, 0.5) is 0 Å². The third-order valence-corrected chi connectivity index (χ3v) is 4.93. The molecule has 6 heteroatoms. The summed E-state index contributed by atoms with van der Waals surface area (Å²) in [5, 5.41) is 0.684. The molecule has 1 aromatic rings. The Morgan fingerprint density at radius 1 is 0.960 bits per heavy atom. The summed E-state index contributed by atoms with van der Waals surface area (Å²) in [4.78, 5) is 23.3. The Morgan fingerprint density at radius 2 is 1.52 bits per heavy atom. The van der Waals surface area contributed by atoms with Gasteiger partial charge in [-0.2, -0.15) is 0 Å². The number of methoxy groups -OCH3 is 1. The molecule has 0 saturated heterocycles. The number of ketones is 1. The highest BCUT2D eigenvalue weighted by Gasteiger charge is 2.33. The van der Waals surface area contributed by atoms with E-state index in [0.717, 1.165) is 44.1 Å². The highest BCUT2D eigenvalue weighted by molar-refractivity contribution is 6.57. The Labute approximate surface area is 165 Å². The van der Waals surface area contributed by atoms with Crippen molar-refractivity contribution in [3.8, 4) is 0 Å². The lowest BCUT2D eigenvalue weighted by Crippen LogP contribution is -2.27. The van der Waals surface area contributed by atoms with Crippen LogP contribution in [0.2, 0.25) is 5.02 Å². The first-order valence-electron chi connectivity index (χ1n) is 8.57. The summed E-state index contributed by atoms with van der Waals surface area (Å²) >= 11 is 17.6. The zero-order valence-corrected chi connectivity index (χ0v) is 16.8. The van der Waals surface area contributed by atoms with Crippen molar-refractivity contribution in [2.45, 2.75) is 62.1 Å². The van der Waals surface area contributed by atoms with Crippen molar-refractivity contribution < 1.29 is 14.3 Å². The molecule has 0 saturated carbocycles. The van der Waals surface area contributed by atoms with Crippen LogP contribution in [0, 0.1) is 0 Å². The second-order valence-electron chi connectivity index (χ2n) is 6.16. The molecule has 0 unspecified atom stereocenters. The van der Waals surface area contributed by atoms with Crippen molar-refractivity contribution in [1.82, 2.24) is 0 Å². The number of hydrogen-bond donors (Lipinski definition) is 0.